The van der Waals surface area contributed by atoms with Crippen molar-refractivity contribution in [2.45, 2.75) is 46.2 Å². The molecule has 0 aliphatic carbocycles. The van der Waals surface area contributed by atoms with Gasteiger partial charge in [-0.1, -0.05) is 32.9 Å². The zero-order valence-corrected chi connectivity index (χ0v) is 13.1. The van der Waals surface area contributed by atoms with Crippen LogP contribution in [0.5, 0.6) is 0 Å². The van der Waals surface area contributed by atoms with Gasteiger partial charge in [0.1, 0.15) is 5.82 Å². The van der Waals surface area contributed by atoms with Crippen molar-refractivity contribution >= 4 is 0 Å². The maximum Gasteiger partial charge on any atom is 0.123 e. The van der Waals surface area contributed by atoms with Crippen LogP contribution in [0.1, 0.15) is 45.7 Å². The van der Waals surface area contributed by atoms with Gasteiger partial charge in [-0.2, -0.15) is 0 Å². The van der Waals surface area contributed by atoms with Gasteiger partial charge in [0.05, 0.1) is 0 Å². The van der Waals surface area contributed by atoms with Crippen LogP contribution in [0.15, 0.2) is 24.3 Å². The second kappa shape index (κ2) is 6.23. The average molecular weight is 278 g/mol. The zero-order valence-electron chi connectivity index (χ0n) is 13.1. The number of hydrogen-bond donors (Lipinski definition) is 1. The van der Waals surface area contributed by atoms with Gasteiger partial charge < -0.3 is 5.32 Å². The summed E-state index contributed by atoms with van der Waals surface area (Å²) < 4.78 is 13.1. The number of halogens is 1. The first kappa shape index (κ1) is 15.5. The van der Waals surface area contributed by atoms with Gasteiger partial charge in [-0.05, 0) is 43.0 Å². The summed E-state index contributed by atoms with van der Waals surface area (Å²) in [6, 6.07) is 7.76. The first-order chi connectivity index (χ1) is 9.38. The second-order valence-corrected chi connectivity index (χ2v) is 6.95. The van der Waals surface area contributed by atoms with Crippen molar-refractivity contribution < 1.29 is 4.39 Å². The molecule has 2 unspecified atom stereocenters. The monoisotopic (exact) mass is 278 g/mol. The van der Waals surface area contributed by atoms with Crippen LogP contribution in [0.3, 0.4) is 0 Å². The first-order valence-corrected chi connectivity index (χ1v) is 7.61. The van der Waals surface area contributed by atoms with E-state index in [-0.39, 0.29) is 11.2 Å². The summed E-state index contributed by atoms with van der Waals surface area (Å²) in [4.78, 5) is 2.52. The number of hydrogen-bond acceptors (Lipinski definition) is 2. The van der Waals surface area contributed by atoms with Crippen molar-refractivity contribution in [1.29, 1.82) is 0 Å². The molecule has 3 heteroatoms. The fourth-order valence-corrected chi connectivity index (χ4v) is 2.83. The van der Waals surface area contributed by atoms with Crippen molar-refractivity contribution in [3.63, 3.8) is 0 Å². The smallest absolute Gasteiger partial charge is 0.123 e. The van der Waals surface area contributed by atoms with Gasteiger partial charge in [-0.3, -0.25) is 4.90 Å². The number of rotatable bonds is 2. The third-order valence-corrected chi connectivity index (χ3v) is 4.38. The van der Waals surface area contributed by atoms with Crippen LogP contribution in [-0.4, -0.2) is 30.6 Å². The molecule has 112 valence electrons. The molecule has 0 amide bonds. The SMILES string of the molecule is CC(c1ccc(F)cc1)N1CCCNC(C(C)(C)C)C1. The molecule has 0 spiro atoms. The van der Waals surface area contributed by atoms with Crippen LogP contribution in [0.2, 0.25) is 0 Å². The molecule has 0 saturated carbocycles. The lowest BCUT2D eigenvalue weighted by atomic mass is 9.86. The van der Waals surface area contributed by atoms with Gasteiger partial charge >= 0.3 is 0 Å². The van der Waals surface area contributed by atoms with Crippen molar-refractivity contribution in [1.82, 2.24) is 10.2 Å². The number of nitrogens with one attached hydrogen (secondary N) is 1. The van der Waals surface area contributed by atoms with Gasteiger partial charge in [0, 0.05) is 25.2 Å². The van der Waals surface area contributed by atoms with E-state index in [0.29, 0.717) is 12.1 Å². The molecular weight excluding hydrogens is 251 g/mol. The Morgan fingerprint density at radius 2 is 1.90 bits per heavy atom. The molecule has 20 heavy (non-hydrogen) atoms. The Labute approximate surface area is 122 Å². The zero-order chi connectivity index (χ0) is 14.8. The van der Waals surface area contributed by atoms with Crippen LogP contribution >= 0.6 is 0 Å². The number of benzene rings is 1. The van der Waals surface area contributed by atoms with E-state index in [4.69, 9.17) is 0 Å². The summed E-state index contributed by atoms with van der Waals surface area (Å²) in [5, 5.41) is 3.67. The van der Waals surface area contributed by atoms with Gasteiger partial charge in [-0.25, -0.2) is 4.39 Å². The molecule has 1 aliphatic rings. The van der Waals surface area contributed by atoms with Crippen LogP contribution in [-0.2, 0) is 0 Å². The highest BCUT2D eigenvalue weighted by Gasteiger charge is 2.30. The third-order valence-electron chi connectivity index (χ3n) is 4.38. The van der Waals surface area contributed by atoms with Crippen LogP contribution < -0.4 is 5.32 Å². The predicted molar refractivity (Wildman–Crippen MR) is 82.3 cm³/mol. The molecule has 0 aromatic heterocycles. The van der Waals surface area contributed by atoms with Gasteiger partial charge in [0.2, 0.25) is 0 Å². The van der Waals surface area contributed by atoms with E-state index < -0.39 is 0 Å². The Kier molecular flexibility index (Phi) is 4.82. The van der Waals surface area contributed by atoms with Crippen molar-refractivity contribution in [2.75, 3.05) is 19.6 Å². The van der Waals surface area contributed by atoms with E-state index in [9.17, 15) is 4.39 Å². The minimum absolute atomic E-state index is 0.161. The molecule has 1 fully saturated rings. The average Bonchev–Trinajstić information content (AvgIpc) is 2.64. The fourth-order valence-electron chi connectivity index (χ4n) is 2.83. The van der Waals surface area contributed by atoms with Gasteiger partial charge in [-0.15, -0.1) is 0 Å². The van der Waals surface area contributed by atoms with Crippen molar-refractivity contribution in [3.05, 3.63) is 35.6 Å². The molecule has 1 saturated heterocycles. The number of nitrogens with zero attached hydrogens (tertiary/aromatic N) is 1. The van der Waals surface area contributed by atoms with E-state index in [2.05, 4.69) is 37.9 Å². The maximum absolute atomic E-state index is 13.1. The Balaban J connectivity index is 2.11. The molecule has 2 nitrogen and oxygen atoms in total. The second-order valence-electron chi connectivity index (χ2n) is 6.95. The standard InChI is InChI=1S/C17H27FN2/c1-13(14-6-8-15(18)9-7-14)20-11-5-10-19-16(12-20)17(2,3)4/h6-9,13,16,19H,5,10-12H2,1-4H3. The van der Waals surface area contributed by atoms with E-state index in [0.717, 1.165) is 26.1 Å². The minimum atomic E-state index is -0.161. The van der Waals surface area contributed by atoms with Crippen LogP contribution in [0, 0.1) is 11.2 Å². The Hall–Kier alpha value is -0.930. The Bertz CT molecular complexity index is 422. The lowest BCUT2D eigenvalue weighted by molar-refractivity contribution is 0.162. The molecule has 1 aromatic carbocycles. The lowest BCUT2D eigenvalue weighted by Gasteiger charge is -2.36. The van der Waals surface area contributed by atoms with Crippen molar-refractivity contribution in [2.24, 2.45) is 5.41 Å². The highest BCUT2D eigenvalue weighted by atomic mass is 19.1. The summed E-state index contributed by atoms with van der Waals surface area (Å²) in [7, 11) is 0. The van der Waals surface area contributed by atoms with Crippen LogP contribution in [0.4, 0.5) is 4.39 Å². The molecule has 1 heterocycles. The van der Waals surface area contributed by atoms with Crippen molar-refractivity contribution in [3.8, 4) is 0 Å². The first-order valence-electron chi connectivity index (χ1n) is 7.61. The highest BCUT2D eigenvalue weighted by Crippen LogP contribution is 2.27. The molecule has 0 bridgehead atoms. The topological polar surface area (TPSA) is 15.3 Å². The molecule has 1 N–H and O–H groups in total. The molecule has 2 atom stereocenters. The maximum atomic E-state index is 13.1. The minimum Gasteiger partial charge on any atom is -0.312 e. The van der Waals surface area contributed by atoms with E-state index >= 15 is 0 Å². The van der Waals surface area contributed by atoms with Gasteiger partial charge in [0.25, 0.3) is 0 Å². The van der Waals surface area contributed by atoms with Crippen LogP contribution in [0.25, 0.3) is 0 Å². The predicted octanol–water partition coefficient (Wildman–Crippen LogP) is 3.60. The quantitative estimate of drug-likeness (QED) is 0.889. The van der Waals surface area contributed by atoms with E-state index in [1.807, 2.05) is 12.1 Å². The molecule has 1 aromatic rings. The summed E-state index contributed by atoms with van der Waals surface area (Å²) in [5.74, 6) is -0.161. The third kappa shape index (κ3) is 3.80. The summed E-state index contributed by atoms with van der Waals surface area (Å²) in [6.07, 6.45) is 1.16. The largest absolute Gasteiger partial charge is 0.312 e. The summed E-state index contributed by atoms with van der Waals surface area (Å²) >= 11 is 0. The molecule has 1 aliphatic heterocycles. The molecule has 2 rings (SSSR count). The molecular formula is C17H27FN2. The Morgan fingerprint density at radius 1 is 1.25 bits per heavy atom. The normalized spacial score (nSPS) is 23.4. The molecule has 0 radical (unpaired) electrons. The van der Waals surface area contributed by atoms with E-state index in [1.165, 1.54) is 5.56 Å². The summed E-state index contributed by atoms with van der Waals surface area (Å²) in [5.41, 5.74) is 1.45. The van der Waals surface area contributed by atoms with Gasteiger partial charge in [0.15, 0.2) is 0 Å². The Morgan fingerprint density at radius 3 is 2.50 bits per heavy atom. The fraction of sp³-hybridized carbons (Fsp3) is 0.647. The lowest BCUT2D eigenvalue weighted by Crippen LogP contribution is -2.46. The highest BCUT2D eigenvalue weighted by molar-refractivity contribution is 5.19. The van der Waals surface area contributed by atoms with E-state index in [1.54, 1.807) is 12.1 Å². The summed E-state index contributed by atoms with van der Waals surface area (Å²) in [6.45, 7) is 12.3.